The molecule has 1 N–H and O–H groups in total. The van der Waals surface area contributed by atoms with Crippen LogP contribution in [-0.4, -0.2) is 26.2 Å². The van der Waals surface area contributed by atoms with Crippen molar-refractivity contribution in [3.05, 3.63) is 12.2 Å². The Morgan fingerprint density at radius 1 is 1.64 bits per heavy atom. The average Bonchev–Trinajstić information content (AvgIpc) is 2.01. The second-order valence-corrected chi connectivity index (χ2v) is 2.13. The molecule has 0 amide bonds. The van der Waals surface area contributed by atoms with Crippen LogP contribution in [0.2, 0.25) is 0 Å². The second-order valence-electron chi connectivity index (χ2n) is 2.13. The standard InChI is InChI=1S/C8H15NO2/c1-3-7-11-8(10)5-4-6-9-2/h4-5,9H,3,6-7H2,1-2H3/b5-4+. The van der Waals surface area contributed by atoms with E-state index in [-0.39, 0.29) is 5.97 Å². The maximum Gasteiger partial charge on any atom is 0.330 e. The van der Waals surface area contributed by atoms with Gasteiger partial charge in [-0.3, -0.25) is 0 Å². The zero-order valence-electron chi connectivity index (χ0n) is 7.09. The van der Waals surface area contributed by atoms with E-state index in [1.807, 2.05) is 14.0 Å². The van der Waals surface area contributed by atoms with Gasteiger partial charge in [0.25, 0.3) is 0 Å². The van der Waals surface area contributed by atoms with Crippen LogP contribution in [0.5, 0.6) is 0 Å². The molecular weight excluding hydrogens is 142 g/mol. The molecular formula is C8H15NO2. The van der Waals surface area contributed by atoms with Gasteiger partial charge in [0.1, 0.15) is 0 Å². The van der Waals surface area contributed by atoms with Crippen molar-refractivity contribution in [3.63, 3.8) is 0 Å². The Morgan fingerprint density at radius 3 is 2.91 bits per heavy atom. The number of rotatable bonds is 5. The predicted molar refractivity (Wildman–Crippen MR) is 44.3 cm³/mol. The monoisotopic (exact) mass is 157 g/mol. The van der Waals surface area contributed by atoms with E-state index in [4.69, 9.17) is 4.74 Å². The van der Waals surface area contributed by atoms with E-state index in [0.29, 0.717) is 13.2 Å². The summed E-state index contributed by atoms with van der Waals surface area (Å²) in [6.45, 7) is 3.16. The first-order valence-electron chi connectivity index (χ1n) is 3.79. The number of ether oxygens (including phenoxy) is 1. The van der Waals surface area contributed by atoms with Crippen LogP contribution in [0.15, 0.2) is 12.2 Å². The van der Waals surface area contributed by atoms with Crippen LogP contribution in [0.25, 0.3) is 0 Å². The van der Waals surface area contributed by atoms with Crippen molar-refractivity contribution < 1.29 is 9.53 Å². The molecule has 0 radical (unpaired) electrons. The van der Waals surface area contributed by atoms with Crippen LogP contribution in [0.3, 0.4) is 0 Å². The van der Waals surface area contributed by atoms with E-state index in [1.165, 1.54) is 6.08 Å². The van der Waals surface area contributed by atoms with E-state index in [1.54, 1.807) is 6.08 Å². The van der Waals surface area contributed by atoms with Gasteiger partial charge in [-0.05, 0) is 13.5 Å². The van der Waals surface area contributed by atoms with Gasteiger partial charge in [-0.15, -0.1) is 0 Å². The molecule has 0 unspecified atom stereocenters. The zero-order chi connectivity index (χ0) is 8.53. The average molecular weight is 157 g/mol. The van der Waals surface area contributed by atoms with Crippen LogP contribution in [0.4, 0.5) is 0 Å². The van der Waals surface area contributed by atoms with Gasteiger partial charge in [0.2, 0.25) is 0 Å². The van der Waals surface area contributed by atoms with Crippen LogP contribution >= 0.6 is 0 Å². The van der Waals surface area contributed by atoms with Crippen molar-refractivity contribution in [1.29, 1.82) is 0 Å². The summed E-state index contributed by atoms with van der Waals surface area (Å²) < 4.78 is 4.78. The summed E-state index contributed by atoms with van der Waals surface area (Å²) in [5.74, 6) is -0.262. The first kappa shape index (κ1) is 10.2. The summed E-state index contributed by atoms with van der Waals surface area (Å²) >= 11 is 0. The Balaban J connectivity index is 3.35. The van der Waals surface area contributed by atoms with Gasteiger partial charge in [0.15, 0.2) is 0 Å². The van der Waals surface area contributed by atoms with E-state index >= 15 is 0 Å². The maximum absolute atomic E-state index is 10.7. The molecule has 11 heavy (non-hydrogen) atoms. The minimum Gasteiger partial charge on any atom is -0.463 e. The fourth-order valence-corrected chi connectivity index (χ4v) is 0.524. The molecule has 0 atom stereocenters. The highest BCUT2D eigenvalue weighted by Gasteiger charge is 1.92. The number of nitrogens with one attached hydrogen (secondary N) is 1. The summed E-state index contributed by atoms with van der Waals surface area (Å²) in [7, 11) is 1.82. The van der Waals surface area contributed by atoms with Crippen molar-refractivity contribution in [2.24, 2.45) is 0 Å². The smallest absolute Gasteiger partial charge is 0.330 e. The zero-order valence-corrected chi connectivity index (χ0v) is 7.09. The van der Waals surface area contributed by atoms with E-state index in [2.05, 4.69) is 5.32 Å². The number of hydrogen-bond donors (Lipinski definition) is 1. The van der Waals surface area contributed by atoms with E-state index in [0.717, 1.165) is 6.42 Å². The number of carbonyl (C=O) groups excluding carboxylic acids is 1. The highest BCUT2D eigenvalue weighted by molar-refractivity contribution is 5.81. The molecule has 0 aromatic carbocycles. The topological polar surface area (TPSA) is 38.3 Å². The normalized spacial score (nSPS) is 10.4. The lowest BCUT2D eigenvalue weighted by Gasteiger charge is -1.96. The van der Waals surface area contributed by atoms with Gasteiger partial charge in [0.05, 0.1) is 6.61 Å². The number of carbonyl (C=O) groups is 1. The summed E-state index contributed by atoms with van der Waals surface area (Å²) in [6.07, 6.45) is 4.04. The minimum atomic E-state index is -0.262. The lowest BCUT2D eigenvalue weighted by Crippen LogP contribution is -2.06. The Morgan fingerprint density at radius 2 is 2.36 bits per heavy atom. The highest BCUT2D eigenvalue weighted by Crippen LogP contribution is 1.83. The van der Waals surface area contributed by atoms with Crippen molar-refractivity contribution in [2.45, 2.75) is 13.3 Å². The Kier molecular flexibility index (Phi) is 6.73. The van der Waals surface area contributed by atoms with E-state index in [9.17, 15) is 4.79 Å². The molecule has 3 nitrogen and oxygen atoms in total. The SMILES string of the molecule is CCCOC(=O)/C=C/CNC. The van der Waals surface area contributed by atoms with Gasteiger partial charge >= 0.3 is 5.97 Å². The summed E-state index contributed by atoms with van der Waals surface area (Å²) in [6, 6.07) is 0. The third-order valence-electron chi connectivity index (χ3n) is 1.02. The lowest BCUT2D eigenvalue weighted by atomic mass is 10.5. The van der Waals surface area contributed by atoms with Gasteiger partial charge in [-0.25, -0.2) is 4.79 Å². The molecule has 0 heterocycles. The maximum atomic E-state index is 10.7. The van der Waals surface area contributed by atoms with Crippen molar-refractivity contribution in [3.8, 4) is 0 Å². The Labute approximate surface area is 67.4 Å². The van der Waals surface area contributed by atoms with Gasteiger partial charge in [-0.1, -0.05) is 13.0 Å². The molecule has 0 aromatic rings. The number of likely N-dealkylation sites (N-methyl/N-ethyl adjacent to an activating group) is 1. The highest BCUT2D eigenvalue weighted by atomic mass is 16.5. The van der Waals surface area contributed by atoms with Crippen molar-refractivity contribution >= 4 is 5.97 Å². The van der Waals surface area contributed by atoms with E-state index < -0.39 is 0 Å². The molecule has 0 spiro atoms. The minimum absolute atomic E-state index is 0.262. The summed E-state index contributed by atoms with van der Waals surface area (Å²) in [5.41, 5.74) is 0. The van der Waals surface area contributed by atoms with Gasteiger partial charge < -0.3 is 10.1 Å². The number of hydrogen-bond acceptors (Lipinski definition) is 3. The largest absolute Gasteiger partial charge is 0.463 e. The molecule has 0 rings (SSSR count). The summed E-state index contributed by atoms with van der Waals surface area (Å²) in [5, 5.41) is 2.88. The van der Waals surface area contributed by atoms with Gasteiger partial charge in [0, 0.05) is 12.6 Å². The summed E-state index contributed by atoms with van der Waals surface area (Å²) in [4.78, 5) is 10.7. The quantitative estimate of drug-likeness (QED) is 0.472. The lowest BCUT2D eigenvalue weighted by molar-refractivity contribution is -0.137. The second kappa shape index (κ2) is 7.28. The fourth-order valence-electron chi connectivity index (χ4n) is 0.524. The first-order valence-corrected chi connectivity index (χ1v) is 3.79. The molecule has 0 saturated heterocycles. The molecule has 0 aliphatic rings. The molecule has 0 bridgehead atoms. The molecule has 0 aliphatic carbocycles. The van der Waals surface area contributed by atoms with Crippen LogP contribution in [-0.2, 0) is 9.53 Å². The van der Waals surface area contributed by atoms with Crippen LogP contribution < -0.4 is 5.32 Å². The fraction of sp³-hybridized carbons (Fsp3) is 0.625. The van der Waals surface area contributed by atoms with Crippen molar-refractivity contribution in [1.82, 2.24) is 5.32 Å². The third-order valence-corrected chi connectivity index (χ3v) is 1.02. The van der Waals surface area contributed by atoms with Crippen LogP contribution in [0, 0.1) is 0 Å². The Hall–Kier alpha value is -0.830. The molecule has 3 heteroatoms. The predicted octanol–water partition coefficient (Wildman–Crippen LogP) is 0.715. The third kappa shape index (κ3) is 7.06. The molecule has 64 valence electrons. The van der Waals surface area contributed by atoms with Crippen molar-refractivity contribution in [2.75, 3.05) is 20.2 Å². The Bertz CT molecular complexity index is 132. The molecule has 0 saturated carbocycles. The van der Waals surface area contributed by atoms with Gasteiger partial charge in [-0.2, -0.15) is 0 Å². The van der Waals surface area contributed by atoms with Crippen LogP contribution in [0.1, 0.15) is 13.3 Å². The first-order chi connectivity index (χ1) is 5.31. The molecule has 0 fully saturated rings. The molecule has 0 aromatic heterocycles. The molecule has 0 aliphatic heterocycles. The number of esters is 1.